The van der Waals surface area contributed by atoms with Crippen LogP contribution >= 0.6 is 27.7 Å². The lowest BCUT2D eigenvalue weighted by atomic mass is 10.4. The number of hydrogen-bond acceptors (Lipinski definition) is 5. The maximum absolute atomic E-state index is 4.29. The molecule has 19 heavy (non-hydrogen) atoms. The third-order valence-corrected chi connectivity index (χ3v) is 4.07. The average molecular weight is 338 g/mol. The number of aromatic nitrogens is 5. The van der Waals surface area contributed by atoms with E-state index < -0.39 is 0 Å². The van der Waals surface area contributed by atoms with Gasteiger partial charge in [0.2, 0.25) is 0 Å². The molecule has 0 amide bonds. The third kappa shape index (κ3) is 2.87. The van der Waals surface area contributed by atoms with E-state index in [2.05, 4.69) is 47.2 Å². The number of allylic oxidation sites excluding steroid dienone is 1. The summed E-state index contributed by atoms with van der Waals surface area (Å²) in [6, 6.07) is 0. The Morgan fingerprint density at radius 1 is 1.37 bits per heavy atom. The second-order valence-electron chi connectivity index (χ2n) is 4.30. The molecule has 1 fully saturated rings. The molecule has 2 aromatic heterocycles. The van der Waals surface area contributed by atoms with Gasteiger partial charge in [-0.05, 0) is 40.5 Å². The van der Waals surface area contributed by atoms with E-state index in [1.54, 1.807) is 12.4 Å². The van der Waals surface area contributed by atoms with Gasteiger partial charge in [-0.2, -0.15) is 0 Å². The van der Waals surface area contributed by atoms with E-state index in [-0.39, 0.29) is 0 Å². The minimum absolute atomic E-state index is 0.563. The van der Waals surface area contributed by atoms with E-state index in [0.717, 1.165) is 22.0 Å². The summed E-state index contributed by atoms with van der Waals surface area (Å²) in [6.07, 6.45) is 7.72. The van der Waals surface area contributed by atoms with Crippen LogP contribution in [0.15, 0.2) is 39.8 Å². The molecule has 2 aromatic rings. The summed E-state index contributed by atoms with van der Waals surface area (Å²) in [7, 11) is 0. The topological polar surface area (TPSA) is 56.5 Å². The third-order valence-electron chi connectivity index (χ3n) is 2.78. The van der Waals surface area contributed by atoms with E-state index in [0.29, 0.717) is 11.1 Å². The zero-order valence-corrected chi connectivity index (χ0v) is 12.6. The highest BCUT2D eigenvalue weighted by Gasteiger charge is 2.30. The van der Waals surface area contributed by atoms with Gasteiger partial charge in [0.1, 0.15) is 5.82 Å². The maximum Gasteiger partial charge on any atom is 0.199 e. The Bertz CT molecular complexity index is 591. The van der Waals surface area contributed by atoms with Gasteiger partial charge in [0.25, 0.3) is 0 Å². The number of hydrogen-bond donors (Lipinski definition) is 0. The lowest BCUT2D eigenvalue weighted by Gasteiger charge is -2.05. The molecule has 0 saturated heterocycles. The minimum Gasteiger partial charge on any atom is -0.302 e. The summed E-state index contributed by atoms with van der Waals surface area (Å²) in [5.41, 5.74) is 0. The fourth-order valence-corrected chi connectivity index (χ4v) is 2.69. The van der Waals surface area contributed by atoms with Crippen molar-refractivity contribution in [3.8, 4) is 0 Å². The molecule has 0 radical (unpaired) electrons. The molecular formula is C12H12BrN5S. The fraction of sp³-hybridized carbons (Fsp3) is 0.333. The largest absolute Gasteiger partial charge is 0.302 e. The Balaban J connectivity index is 1.87. The van der Waals surface area contributed by atoms with Crippen LogP contribution in [0, 0.1) is 0 Å². The highest BCUT2D eigenvalue weighted by molar-refractivity contribution is 9.10. The molecule has 2 heterocycles. The normalized spacial score (nSPS) is 14.6. The summed E-state index contributed by atoms with van der Waals surface area (Å²) in [4.78, 5) is 8.49. The Hall–Kier alpha value is -1.21. The van der Waals surface area contributed by atoms with Crippen molar-refractivity contribution in [3.05, 3.63) is 35.3 Å². The minimum atomic E-state index is 0.563. The van der Waals surface area contributed by atoms with Gasteiger partial charge in [0.15, 0.2) is 10.3 Å². The second-order valence-corrected chi connectivity index (χ2v) is 6.15. The molecule has 0 aliphatic heterocycles. The van der Waals surface area contributed by atoms with Gasteiger partial charge in [-0.3, -0.25) is 0 Å². The van der Waals surface area contributed by atoms with Gasteiger partial charge in [-0.15, -0.1) is 16.8 Å². The first kappa shape index (κ1) is 12.8. The Morgan fingerprint density at radius 3 is 2.74 bits per heavy atom. The molecule has 1 aliphatic carbocycles. The first-order chi connectivity index (χ1) is 9.28. The van der Waals surface area contributed by atoms with Crippen molar-refractivity contribution in [2.45, 2.75) is 35.6 Å². The van der Waals surface area contributed by atoms with Crippen LogP contribution in [0.2, 0.25) is 0 Å². The summed E-state index contributed by atoms with van der Waals surface area (Å²) in [5, 5.41) is 10.0. The predicted octanol–water partition coefficient (Wildman–Crippen LogP) is 3.05. The SMILES string of the molecule is C=CCn1c(Sc2ncc(Br)cn2)nnc1C1CC1. The summed E-state index contributed by atoms with van der Waals surface area (Å²) >= 11 is 4.75. The van der Waals surface area contributed by atoms with Crippen LogP contribution in [-0.4, -0.2) is 24.7 Å². The van der Waals surface area contributed by atoms with Crippen LogP contribution in [0.1, 0.15) is 24.6 Å². The lowest BCUT2D eigenvalue weighted by Crippen LogP contribution is -2.02. The molecule has 3 rings (SSSR count). The molecule has 5 nitrogen and oxygen atoms in total. The van der Waals surface area contributed by atoms with Crippen LogP contribution < -0.4 is 0 Å². The van der Waals surface area contributed by atoms with Crippen molar-refractivity contribution in [2.24, 2.45) is 0 Å². The van der Waals surface area contributed by atoms with Gasteiger partial charge in [-0.1, -0.05) is 6.08 Å². The van der Waals surface area contributed by atoms with E-state index in [1.807, 2.05) is 6.08 Å². The number of halogens is 1. The molecule has 0 unspecified atom stereocenters. The quantitative estimate of drug-likeness (QED) is 0.620. The zero-order valence-electron chi connectivity index (χ0n) is 10.2. The molecule has 0 spiro atoms. The highest BCUT2D eigenvalue weighted by Crippen LogP contribution is 2.40. The predicted molar refractivity (Wildman–Crippen MR) is 76.0 cm³/mol. The lowest BCUT2D eigenvalue weighted by molar-refractivity contribution is 0.680. The van der Waals surface area contributed by atoms with Crippen LogP contribution in [0.5, 0.6) is 0 Å². The van der Waals surface area contributed by atoms with Crippen LogP contribution in [0.25, 0.3) is 0 Å². The fourth-order valence-electron chi connectivity index (χ4n) is 1.75. The van der Waals surface area contributed by atoms with E-state index in [9.17, 15) is 0 Å². The van der Waals surface area contributed by atoms with E-state index in [4.69, 9.17) is 0 Å². The Kier molecular flexibility index (Phi) is 3.65. The van der Waals surface area contributed by atoms with E-state index in [1.165, 1.54) is 24.6 Å². The molecule has 98 valence electrons. The second kappa shape index (κ2) is 5.42. The monoisotopic (exact) mass is 337 g/mol. The first-order valence-corrected chi connectivity index (χ1v) is 7.58. The molecule has 0 aromatic carbocycles. The van der Waals surface area contributed by atoms with Crippen molar-refractivity contribution < 1.29 is 0 Å². The molecule has 0 atom stereocenters. The summed E-state index contributed by atoms with van der Waals surface area (Å²) in [5.74, 6) is 1.62. The Morgan fingerprint density at radius 2 is 2.11 bits per heavy atom. The van der Waals surface area contributed by atoms with Gasteiger partial charge in [0, 0.05) is 24.9 Å². The van der Waals surface area contributed by atoms with E-state index >= 15 is 0 Å². The van der Waals surface area contributed by atoms with Crippen LogP contribution in [0.4, 0.5) is 0 Å². The average Bonchev–Trinajstić information content (AvgIpc) is 3.18. The molecule has 0 N–H and O–H groups in total. The van der Waals surface area contributed by atoms with Crippen molar-refractivity contribution in [3.63, 3.8) is 0 Å². The highest BCUT2D eigenvalue weighted by atomic mass is 79.9. The maximum atomic E-state index is 4.29. The summed E-state index contributed by atoms with van der Waals surface area (Å²) in [6.45, 7) is 4.51. The molecular weight excluding hydrogens is 326 g/mol. The first-order valence-electron chi connectivity index (χ1n) is 5.97. The molecule has 7 heteroatoms. The number of rotatable bonds is 5. The van der Waals surface area contributed by atoms with Crippen molar-refractivity contribution in [1.82, 2.24) is 24.7 Å². The van der Waals surface area contributed by atoms with Gasteiger partial charge in [-0.25, -0.2) is 9.97 Å². The van der Waals surface area contributed by atoms with Crippen molar-refractivity contribution in [1.29, 1.82) is 0 Å². The standard InChI is InChI=1S/C12H12BrN5S/c1-2-5-18-10(8-3-4-8)16-17-12(18)19-11-14-6-9(13)7-15-11/h2,6-8H,1,3-5H2. The Labute approximate surface area is 123 Å². The van der Waals surface area contributed by atoms with Gasteiger partial charge < -0.3 is 4.57 Å². The summed E-state index contributed by atoms with van der Waals surface area (Å²) < 4.78 is 2.96. The van der Waals surface area contributed by atoms with Crippen LogP contribution in [-0.2, 0) is 6.54 Å². The number of nitrogens with zero attached hydrogens (tertiary/aromatic N) is 5. The molecule has 1 saturated carbocycles. The van der Waals surface area contributed by atoms with Crippen LogP contribution in [0.3, 0.4) is 0 Å². The van der Waals surface area contributed by atoms with Gasteiger partial charge in [0.05, 0.1) is 4.47 Å². The molecule has 1 aliphatic rings. The smallest absolute Gasteiger partial charge is 0.199 e. The van der Waals surface area contributed by atoms with Crippen molar-refractivity contribution in [2.75, 3.05) is 0 Å². The molecule has 0 bridgehead atoms. The van der Waals surface area contributed by atoms with Crippen molar-refractivity contribution >= 4 is 27.7 Å². The van der Waals surface area contributed by atoms with Gasteiger partial charge >= 0.3 is 0 Å². The zero-order chi connectivity index (χ0) is 13.2.